The lowest BCUT2D eigenvalue weighted by Gasteiger charge is -2.22. The molecule has 0 saturated carbocycles. The number of aromatic nitrogens is 2. The van der Waals surface area contributed by atoms with Gasteiger partial charge < -0.3 is 15.0 Å². The average molecular weight is 286 g/mol. The van der Waals surface area contributed by atoms with Crippen LogP contribution in [0.2, 0.25) is 0 Å². The second-order valence-electron chi connectivity index (χ2n) is 4.64. The van der Waals surface area contributed by atoms with Crippen molar-refractivity contribution in [2.45, 2.75) is 6.04 Å². The third kappa shape index (κ3) is 3.68. The van der Waals surface area contributed by atoms with E-state index in [0.717, 1.165) is 5.56 Å². The maximum atomic E-state index is 12.4. The van der Waals surface area contributed by atoms with Gasteiger partial charge in [-0.25, -0.2) is 4.98 Å². The van der Waals surface area contributed by atoms with Gasteiger partial charge in [0.1, 0.15) is 6.04 Å². The zero-order chi connectivity index (χ0) is 15.2. The zero-order valence-electron chi connectivity index (χ0n) is 12.3. The van der Waals surface area contributed by atoms with Crippen LogP contribution in [0.4, 0.5) is 5.95 Å². The Kier molecular flexibility index (Phi) is 4.71. The first-order valence-corrected chi connectivity index (χ1v) is 6.51. The number of amides is 1. The molecule has 1 aromatic carbocycles. The lowest BCUT2D eigenvalue weighted by atomic mass is 10.1. The topological polar surface area (TPSA) is 67.3 Å². The Morgan fingerprint density at radius 3 is 2.57 bits per heavy atom. The van der Waals surface area contributed by atoms with Crippen LogP contribution < -0.4 is 10.1 Å². The summed E-state index contributed by atoms with van der Waals surface area (Å²) in [6, 6.07) is 10.6. The number of nitrogens with zero attached hydrogens (tertiary/aromatic N) is 3. The molecular weight excluding hydrogens is 268 g/mol. The fraction of sp³-hybridized carbons (Fsp3) is 0.267. The van der Waals surface area contributed by atoms with Gasteiger partial charge in [-0.05, 0) is 5.56 Å². The van der Waals surface area contributed by atoms with Gasteiger partial charge in [0.15, 0.2) is 0 Å². The van der Waals surface area contributed by atoms with E-state index < -0.39 is 6.04 Å². The highest BCUT2D eigenvalue weighted by Gasteiger charge is 2.23. The first-order valence-electron chi connectivity index (χ1n) is 6.51. The van der Waals surface area contributed by atoms with Gasteiger partial charge in [-0.3, -0.25) is 4.79 Å². The van der Waals surface area contributed by atoms with Gasteiger partial charge >= 0.3 is 0 Å². The van der Waals surface area contributed by atoms with Gasteiger partial charge in [-0.1, -0.05) is 30.3 Å². The SMILES string of the molecule is COc1ccnc(N[C@@H](C(=O)N(C)C)c2ccccc2)n1. The Hall–Kier alpha value is -2.63. The molecule has 110 valence electrons. The fourth-order valence-electron chi connectivity index (χ4n) is 1.85. The molecule has 0 unspecified atom stereocenters. The summed E-state index contributed by atoms with van der Waals surface area (Å²) in [6.45, 7) is 0. The first kappa shape index (κ1) is 14.8. The van der Waals surface area contributed by atoms with Crippen LogP contribution in [-0.2, 0) is 4.79 Å². The predicted molar refractivity (Wildman–Crippen MR) is 80.1 cm³/mol. The Morgan fingerprint density at radius 1 is 1.24 bits per heavy atom. The molecule has 0 bridgehead atoms. The Labute approximate surface area is 123 Å². The number of hydrogen-bond donors (Lipinski definition) is 1. The van der Waals surface area contributed by atoms with E-state index in [2.05, 4.69) is 15.3 Å². The minimum absolute atomic E-state index is 0.0763. The first-order chi connectivity index (χ1) is 10.1. The molecule has 1 amide bonds. The molecule has 0 radical (unpaired) electrons. The number of ether oxygens (including phenoxy) is 1. The Bertz CT molecular complexity index is 602. The summed E-state index contributed by atoms with van der Waals surface area (Å²) in [5.41, 5.74) is 0.850. The minimum Gasteiger partial charge on any atom is -0.481 e. The maximum Gasteiger partial charge on any atom is 0.249 e. The van der Waals surface area contributed by atoms with Crippen molar-refractivity contribution in [1.29, 1.82) is 0 Å². The second kappa shape index (κ2) is 6.69. The molecule has 0 aliphatic heterocycles. The van der Waals surface area contributed by atoms with Crippen molar-refractivity contribution in [2.75, 3.05) is 26.5 Å². The van der Waals surface area contributed by atoms with E-state index in [1.54, 1.807) is 26.4 Å². The summed E-state index contributed by atoms with van der Waals surface area (Å²) < 4.78 is 5.06. The molecule has 0 saturated heterocycles. The van der Waals surface area contributed by atoms with Gasteiger partial charge in [0.05, 0.1) is 7.11 Å². The molecule has 0 fully saturated rings. The third-order valence-corrected chi connectivity index (χ3v) is 2.93. The largest absolute Gasteiger partial charge is 0.481 e. The molecule has 0 aliphatic rings. The van der Waals surface area contributed by atoms with E-state index in [1.807, 2.05) is 30.3 Å². The number of benzene rings is 1. The number of anilines is 1. The Morgan fingerprint density at radius 2 is 1.95 bits per heavy atom. The highest BCUT2D eigenvalue weighted by atomic mass is 16.5. The monoisotopic (exact) mass is 286 g/mol. The average Bonchev–Trinajstić information content (AvgIpc) is 2.53. The molecule has 0 aliphatic carbocycles. The van der Waals surface area contributed by atoms with E-state index >= 15 is 0 Å². The highest BCUT2D eigenvalue weighted by Crippen LogP contribution is 2.20. The van der Waals surface area contributed by atoms with Crippen LogP contribution in [0.3, 0.4) is 0 Å². The molecule has 1 aromatic heterocycles. The summed E-state index contributed by atoms with van der Waals surface area (Å²) in [6.07, 6.45) is 1.58. The third-order valence-electron chi connectivity index (χ3n) is 2.93. The molecule has 21 heavy (non-hydrogen) atoms. The Balaban J connectivity index is 2.30. The number of rotatable bonds is 5. The standard InChI is InChI=1S/C15H18N4O2/c1-19(2)14(20)13(11-7-5-4-6-8-11)18-15-16-10-9-12(17-15)21-3/h4-10,13H,1-3H3,(H,16,17,18)/t13-/m1/s1. The quantitative estimate of drug-likeness (QED) is 0.906. The lowest BCUT2D eigenvalue weighted by molar-refractivity contribution is -0.129. The van der Waals surface area contributed by atoms with Crippen molar-refractivity contribution < 1.29 is 9.53 Å². The highest BCUT2D eigenvalue weighted by molar-refractivity contribution is 5.85. The molecule has 0 spiro atoms. The fourth-order valence-corrected chi connectivity index (χ4v) is 1.85. The van der Waals surface area contributed by atoms with Gasteiger partial charge in [-0.2, -0.15) is 4.98 Å². The molecule has 6 heteroatoms. The van der Waals surface area contributed by atoms with E-state index in [1.165, 1.54) is 12.0 Å². The zero-order valence-corrected chi connectivity index (χ0v) is 12.3. The van der Waals surface area contributed by atoms with Crippen molar-refractivity contribution in [2.24, 2.45) is 0 Å². The summed E-state index contributed by atoms with van der Waals surface area (Å²) in [4.78, 5) is 22.2. The van der Waals surface area contributed by atoms with Gasteiger partial charge in [0.2, 0.25) is 17.7 Å². The van der Waals surface area contributed by atoms with Crippen LogP contribution in [0.25, 0.3) is 0 Å². The molecule has 1 heterocycles. The summed E-state index contributed by atoms with van der Waals surface area (Å²) >= 11 is 0. The van der Waals surface area contributed by atoms with E-state index in [4.69, 9.17) is 4.74 Å². The molecule has 6 nitrogen and oxygen atoms in total. The van der Waals surface area contributed by atoms with Crippen LogP contribution in [0, 0.1) is 0 Å². The van der Waals surface area contributed by atoms with Gasteiger partial charge in [-0.15, -0.1) is 0 Å². The molecule has 1 atom stereocenters. The molecule has 2 aromatic rings. The normalized spacial score (nSPS) is 11.6. The van der Waals surface area contributed by atoms with Gasteiger partial charge in [0, 0.05) is 26.4 Å². The van der Waals surface area contributed by atoms with Crippen LogP contribution in [0.5, 0.6) is 5.88 Å². The van der Waals surface area contributed by atoms with Crippen LogP contribution in [-0.4, -0.2) is 42.0 Å². The van der Waals surface area contributed by atoms with Crippen LogP contribution >= 0.6 is 0 Å². The van der Waals surface area contributed by atoms with Crippen LogP contribution in [0.15, 0.2) is 42.6 Å². The van der Waals surface area contributed by atoms with Crippen molar-refractivity contribution in [3.8, 4) is 5.88 Å². The van der Waals surface area contributed by atoms with E-state index in [-0.39, 0.29) is 5.91 Å². The molecule has 2 rings (SSSR count). The predicted octanol–water partition coefficient (Wildman–Crippen LogP) is 1.73. The van der Waals surface area contributed by atoms with Crippen molar-refractivity contribution in [1.82, 2.24) is 14.9 Å². The maximum absolute atomic E-state index is 12.4. The molecular formula is C15H18N4O2. The summed E-state index contributed by atoms with van der Waals surface area (Å²) in [7, 11) is 4.96. The summed E-state index contributed by atoms with van der Waals surface area (Å²) in [5.74, 6) is 0.711. The molecule has 1 N–H and O–H groups in total. The number of nitrogens with one attached hydrogen (secondary N) is 1. The van der Waals surface area contributed by atoms with Crippen molar-refractivity contribution in [3.63, 3.8) is 0 Å². The minimum atomic E-state index is -0.548. The number of hydrogen-bond acceptors (Lipinski definition) is 5. The van der Waals surface area contributed by atoms with Crippen molar-refractivity contribution in [3.05, 3.63) is 48.2 Å². The second-order valence-corrected chi connectivity index (χ2v) is 4.64. The van der Waals surface area contributed by atoms with Crippen molar-refractivity contribution >= 4 is 11.9 Å². The number of carbonyl (C=O) groups excluding carboxylic acids is 1. The lowest BCUT2D eigenvalue weighted by Crippen LogP contribution is -2.33. The number of methoxy groups -OCH3 is 1. The summed E-state index contributed by atoms with van der Waals surface area (Å²) in [5, 5.41) is 3.06. The van der Waals surface area contributed by atoms with E-state index in [0.29, 0.717) is 11.8 Å². The van der Waals surface area contributed by atoms with Gasteiger partial charge in [0.25, 0.3) is 0 Å². The van der Waals surface area contributed by atoms with Crippen LogP contribution in [0.1, 0.15) is 11.6 Å². The smallest absolute Gasteiger partial charge is 0.249 e. The van der Waals surface area contributed by atoms with E-state index in [9.17, 15) is 4.79 Å². The number of carbonyl (C=O) groups is 1. The number of likely N-dealkylation sites (N-methyl/N-ethyl adjacent to an activating group) is 1.